The summed E-state index contributed by atoms with van der Waals surface area (Å²) in [6, 6.07) is 13.5. The minimum Gasteiger partial charge on any atom is -0.343 e. The highest BCUT2D eigenvalue weighted by Gasteiger charge is 2.61. The van der Waals surface area contributed by atoms with Crippen LogP contribution in [0.1, 0.15) is 49.4 Å². The molecule has 2 N–H and O–H groups in total. The molecule has 3 atom stereocenters. The van der Waals surface area contributed by atoms with Crippen molar-refractivity contribution in [3.8, 4) is 6.07 Å². The van der Waals surface area contributed by atoms with Crippen LogP contribution >= 0.6 is 47.4 Å². The summed E-state index contributed by atoms with van der Waals surface area (Å²) in [6.07, 6.45) is 5.40. The summed E-state index contributed by atoms with van der Waals surface area (Å²) < 4.78 is 0. The molecule has 2 aliphatic rings. The number of H-pyrrole nitrogens is 1. The van der Waals surface area contributed by atoms with Crippen molar-refractivity contribution in [3.05, 3.63) is 62.9 Å². The van der Waals surface area contributed by atoms with E-state index in [1.807, 2.05) is 29.2 Å². The molecule has 1 aliphatic heterocycles. The van der Waals surface area contributed by atoms with E-state index in [0.717, 1.165) is 31.2 Å². The van der Waals surface area contributed by atoms with Gasteiger partial charge in [0, 0.05) is 17.0 Å². The number of benzene rings is 2. The van der Waals surface area contributed by atoms with Gasteiger partial charge < -0.3 is 9.88 Å². The summed E-state index contributed by atoms with van der Waals surface area (Å²) in [7, 11) is 0. The normalized spacial score (nSPS) is 26.2. The largest absolute Gasteiger partial charge is 0.343 e. The highest BCUT2D eigenvalue weighted by molar-refractivity contribution is 7.81. The van der Waals surface area contributed by atoms with Gasteiger partial charge in [-0.25, -0.2) is 4.98 Å². The maximum Gasteiger partial charge on any atom is 0.181 e. The van der Waals surface area contributed by atoms with Crippen LogP contribution < -0.4 is 0 Å². The summed E-state index contributed by atoms with van der Waals surface area (Å²) in [4.78, 5) is 10.1. The molecule has 0 bridgehead atoms. The molecule has 170 valence electrons. The number of aromatic nitrogens is 2. The third kappa shape index (κ3) is 3.61. The molecule has 3 aromatic rings. The number of nitrogens with zero attached hydrogens (tertiary/aromatic N) is 3. The summed E-state index contributed by atoms with van der Waals surface area (Å²) in [5.41, 5.74) is 0.808. The first-order valence-corrected chi connectivity index (χ1v) is 12.6. The second kappa shape index (κ2) is 8.70. The van der Waals surface area contributed by atoms with E-state index < -0.39 is 11.3 Å². The number of hydrogen-bond donors (Lipinski definition) is 3. The average molecular weight is 519 g/mol. The zero-order chi connectivity index (χ0) is 23.3. The number of nitrogens with one attached hydrogen (secondary N) is 2. The van der Waals surface area contributed by atoms with E-state index >= 15 is 0 Å². The van der Waals surface area contributed by atoms with Crippen molar-refractivity contribution >= 4 is 64.3 Å². The fraction of sp³-hybridized carbons (Fsp3) is 0.375. The van der Waals surface area contributed by atoms with Gasteiger partial charge in [-0.15, -0.1) is 0 Å². The Morgan fingerprint density at radius 3 is 2.42 bits per heavy atom. The Kier molecular flexibility index (Phi) is 6.03. The molecule has 5 rings (SSSR count). The van der Waals surface area contributed by atoms with E-state index in [-0.39, 0.29) is 17.3 Å². The van der Waals surface area contributed by atoms with Crippen LogP contribution in [0.25, 0.3) is 11.0 Å². The number of likely N-dealkylation sites (tertiary alicyclic amines) is 1. The minimum atomic E-state index is -1.35. The lowest BCUT2D eigenvalue weighted by Crippen LogP contribution is -2.44. The standard InChI is InChI=1S/C24H22Cl3N5S/c25-14-8-6-13(7-9-14)20-21(33)32(15-4-2-1-3-5-15)22(29)24(20,12-28)23-30-18-10-16(26)17(27)11-19(18)31-23/h6-11,15,20-21,29,33H,1-5H2,(H,30,31). The Morgan fingerprint density at radius 2 is 1.76 bits per heavy atom. The Labute approximate surface area is 213 Å². The summed E-state index contributed by atoms with van der Waals surface area (Å²) in [5.74, 6) is 0.206. The molecule has 2 aromatic carbocycles. The topological polar surface area (TPSA) is 79.6 Å². The Balaban J connectivity index is 1.71. The molecular weight excluding hydrogens is 497 g/mol. The van der Waals surface area contributed by atoms with E-state index in [4.69, 9.17) is 52.4 Å². The third-order valence-electron chi connectivity index (χ3n) is 6.95. The number of aromatic amines is 1. The monoisotopic (exact) mass is 517 g/mol. The smallest absolute Gasteiger partial charge is 0.181 e. The molecule has 33 heavy (non-hydrogen) atoms. The van der Waals surface area contributed by atoms with Crippen molar-refractivity contribution in [1.29, 1.82) is 10.7 Å². The number of imidazole rings is 1. The van der Waals surface area contributed by atoms with Crippen molar-refractivity contribution in [2.75, 3.05) is 0 Å². The lowest BCUT2D eigenvalue weighted by Gasteiger charge is -2.36. The van der Waals surface area contributed by atoms with Gasteiger partial charge in [-0.1, -0.05) is 66.2 Å². The third-order valence-corrected chi connectivity index (χ3v) is 8.47. The van der Waals surface area contributed by atoms with Crippen LogP contribution in [0.3, 0.4) is 0 Å². The second-order valence-corrected chi connectivity index (χ2v) is 10.6. The van der Waals surface area contributed by atoms with Crippen LogP contribution in [-0.2, 0) is 5.41 Å². The molecule has 2 fully saturated rings. The Bertz CT molecular complexity index is 1220. The van der Waals surface area contributed by atoms with Crippen molar-refractivity contribution in [2.45, 2.75) is 54.9 Å². The molecule has 1 aromatic heterocycles. The van der Waals surface area contributed by atoms with E-state index in [0.29, 0.717) is 31.9 Å². The molecule has 0 radical (unpaired) electrons. The van der Waals surface area contributed by atoms with Gasteiger partial charge in [0.05, 0.1) is 32.5 Å². The van der Waals surface area contributed by atoms with Crippen molar-refractivity contribution in [1.82, 2.24) is 14.9 Å². The van der Waals surface area contributed by atoms with Gasteiger partial charge in [0.1, 0.15) is 11.7 Å². The zero-order valence-corrected chi connectivity index (χ0v) is 20.8. The number of thiol groups is 1. The van der Waals surface area contributed by atoms with Crippen LogP contribution in [0.2, 0.25) is 15.1 Å². The predicted molar refractivity (Wildman–Crippen MR) is 137 cm³/mol. The summed E-state index contributed by atoms with van der Waals surface area (Å²) in [6.45, 7) is 0. The molecule has 1 saturated heterocycles. The van der Waals surface area contributed by atoms with Gasteiger partial charge in [0.2, 0.25) is 0 Å². The van der Waals surface area contributed by atoms with Crippen molar-refractivity contribution < 1.29 is 0 Å². The lowest BCUT2D eigenvalue weighted by atomic mass is 9.74. The van der Waals surface area contributed by atoms with E-state index in [2.05, 4.69) is 11.1 Å². The lowest BCUT2D eigenvalue weighted by molar-refractivity contribution is 0.238. The van der Waals surface area contributed by atoms with Gasteiger partial charge in [-0.05, 0) is 42.7 Å². The van der Waals surface area contributed by atoms with Crippen LogP contribution in [0.15, 0.2) is 36.4 Å². The number of amidine groups is 1. The molecule has 9 heteroatoms. The average Bonchev–Trinajstić information content (AvgIpc) is 3.31. The molecule has 0 amide bonds. The van der Waals surface area contributed by atoms with Crippen LogP contribution in [0, 0.1) is 16.7 Å². The predicted octanol–water partition coefficient (Wildman–Crippen LogP) is 6.95. The van der Waals surface area contributed by atoms with Crippen LogP contribution in [0.4, 0.5) is 0 Å². The number of hydrogen-bond acceptors (Lipinski definition) is 4. The number of halogens is 3. The maximum absolute atomic E-state index is 10.7. The van der Waals surface area contributed by atoms with E-state index in [1.54, 1.807) is 12.1 Å². The SMILES string of the molecule is N#CC1(c2nc3cc(Cl)c(Cl)cc3[nH]2)C(=N)N(C2CCCCC2)C(S)C1c1ccc(Cl)cc1. The zero-order valence-electron chi connectivity index (χ0n) is 17.7. The van der Waals surface area contributed by atoms with Gasteiger partial charge >= 0.3 is 0 Å². The first-order chi connectivity index (χ1) is 15.9. The fourth-order valence-corrected chi connectivity index (χ4v) is 6.49. The molecule has 3 unspecified atom stereocenters. The van der Waals surface area contributed by atoms with Crippen LogP contribution in [-0.4, -0.2) is 32.1 Å². The Hall–Kier alpha value is -1.91. The highest BCUT2D eigenvalue weighted by atomic mass is 35.5. The molecule has 0 spiro atoms. The maximum atomic E-state index is 10.7. The number of rotatable bonds is 3. The molecule has 2 heterocycles. The first kappa shape index (κ1) is 22.9. The number of fused-ring (bicyclic) bond motifs is 1. The fourth-order valence-electron chi connectivity index (χ4n) is 5.34. The van der Waals surface area contributed by atoms with Gasteiger partial charge in [0.25, 0.3) is 0 Å². The van der Waals surface area contributed by atoms with E-state index in [1.165, 1.54) is 6.42 Å². The summed E-state index contributed by atoms with van der Waals surface area (Å²) in [5, 5.41) is 21.1. The first-order valence-electron chi connectivity index (χ1n) is 10.9. The minimum absolute atomic E-state index is 0.173. The van der Waals surface area contributed by atoms with Crippen LogP contribution in [0.5, 0.6) is 0 Å². The quantitative estimate of drug-likeness (QED) is 0.328. The molecular formula is C24H22Cl3N5S. The van der Waals surface area contributed by atoms with Gasteiger partial charge in [-0.3, -0.25) is 5.41 Å². The summed E-state index contributed by atoms with van der Waals surface area (Å²) >= 11 is 23.6. The molecule has 5 nitrogen and oxygen atoms in total. The van der Waals surface area contributed by atoms with Crippen molar-refractivity contribution in [3.63, 3.8) is 0 Å². The second-order valence-electron chi connectivity index (χ2n) is 8.78. The van der Waals surface area contributed by atoms with Crippen molar-refractivity contribution in [2.24, 2.45) is 0 Å². The Morgan fingerprint density at radius 1 is 1.09 bits per heavy atom. The molecule has 1 saturated carbocycles. The van der Waals surface area contributed by atoms with Gasteiger partial charge in [-0.2, -0.15) is 17.9 Å². The van der Waals surface area contributed by atoms with E-state index in [9.17, 15) is 10.7 Å². The number of nitriles is 1. The highest BCUT2D eigenvalue weighted by Crippen LogP contribution is 2.52. The van der Waals surface area contributed by atoms with Gasteiger partial charge in [0.15, 0.2) is 5.41 Å². The molecule has 1 aliphatic carbocycles.